The van der Waals surface area contributed by atoms with Gasteiger partial charge in [0.15, 0.2) is 0 Å². The first-order valence-electron chi connectivity index (χ1n) is 11.1. The van der Waals surface area contributed by atoms with E-state index in [4.69, 9.17) is 19.1 Å². The molecule has 9 nitrogen and oxygen atoms in total. The first kappa shape index (κ1) is 26.9. The number of nitrogens with zero attached hydrogens (tertiary/aromatic N) is 4. The number of pyridine rings is 1. The number of rotatable bonds is 5. The van der Waals surface area contributed by atoms with Crippen LogP contribution in [0.2, 0.25) is 0 Å². The molecule has 1 saturated heterocycles. The number of aromatic nitrogens is 2. The Hall–Kier alpha value is -3.67. The summed E-state index contributed by atoms with van der Waals surface area (Å²) in [6, 6.07) is 7.86. The minimum Gasteiger partial charge on any atom is -0.497 e. The second kappa shape index (κ2) is 10.9. The summed E-state index contributed by atoms with van der Waals surface area (Å²) < 4.78 is 42.8. The van der Waals surface area contributed by atoms with Crippen molar-refractivity contribution >= 4 is 22.7 Å². The van der Waals surface area contributed by atoms with Gasteiger partial charge in [0.1, 0.15) is 11.6 Å². The van der Waals surface area contributed by atoms with Crippen molar-refractivity contribution in [1.82, 2.24) is 14.9 Å². The van der Waals surface area contributed by atoms with E-state index in [1.807, 2.05) is 25.1 Å². The number of likely N-dealkylation sites (N-methyl/N-ethyl adjacent to an activating group) is 1. The lowest BCUT2D eigenvalue weighted by molar-refractivity contribution is -0.192. The van der Waals surface area contributed by atoms with Crippen LogP contribution in [0.1, 0.15) is 18.9 Å². The summed E-state index contributed by atoms with van der Waals surface area (Å²) in [4.78, 5) is 35.5. The molecule has 3 aromatic rings. The number of hydrogen-bond acceptors (Lipinski definition) is 8. The van der Waals surface area contributed by atoms with Crippen molar-refractivity contribution in [3.8, 4) is 17.2 Å². The number of alkyl halides is 3. The second-order valence-electron chi connectivity index (χ2n) is 8.37. The Bertz CT molecular complexity index is 1290. The molecule has 1 aliphatic heterocycles. The fourth-order valence-corrected chi connectivity index (χ4v) is 3.94. The largest absolute Gasteiger partial charge is 0.497 e. The lowest BCUT2D eigenvalue weighted by atomic mass is 10.1. The molecular formula is C24H27F3N4O5. The van der Waals surface area contributed by atoms with Crippen molar-refractivity contribution in [3.63, 3.8) is 0 Å². The maximum absolute atomic E-state index is 12.8. The average molecular weight is 508 g/mol. The van der Waals surface area contributed by atoms with Gasteiger partial charge in [0, 0.05) is 31.4 Å². The van der Waals surface area contributed by atoms with E-state index in [1.165, 1.54) is 0 Å². The molecule has 1 aliphatic rings. The number of hydrogen-bond donors (Lipinski definition) is 1. The van der Waals surface area contributed by atoms with Crippen LogP contribution in [0.15, 0.2) is 39.7 Å². The zero-order valence-corrected chi connectivity index (χ0v) is 20.3. The van der Waals surface area contributed by atoms with E-state index < -0.39 is 12.1 Å². The zero-order chi connectivity index (χ0) is 26.6. The predicted octanol–water partition coefficient (Wildman–Crippen LogP) is 3.59. The molecule has 0 aliphatic carbocycles. The first-order chi connectivity index (χ1) is 17.0. The Morgan fingerprint density at radius 3 is 2.58 bits per heavy atom. The number of aryl methyl sites for hydroxylation is 1. The van der Waals surface area contributed by atoms with E-state index in [2.05, 4.69) is 33.9 Å². The van der Waals surface area contributed by atoms with Gasteiger partial charge < -0.3 is 24.1 Å². The normalized spacial score (nSPS) is 15.7. The van der Waals surface area contributed by atoms with Gasteiger partial charge >= 0.3 is 17.8 Å². The van der Waals surface area contributed by atoms with Crippen LogP contribution in [-0.4, -0.2) is 72.5 Å². The molecule has 0 radical (unpaired) electrons. The number of methoxy groups -OCH3 is 1. The van der Waals surface area contributed by atoms with Crippen molar-refractivity contribution in [2.45, 2.75) is 32.0 Å². The topological polar surface area (TPSA) is 109 Å². The monoisotopic (exact) mass is 508 g/mol. The Balaban J connectivity index is 0.000000454. The second-order valence-corrected chi connectivity index (χ2v) is 8.37. The zero-order valence-electron chi connectivity index (χ0n) is 20.3. The molecule has 1 fully saturated rings. The van der Waals surface area contributed by atoms with Crippen LogP contribution < -0.4 is 15.3 Å². The molecule has 0 amide bonds. The Labute approximate surface area is 205 Å². The van der Waals surface area contributed by atoms with Gasteiger partial charge in [-0.05, 0) is 50.7 Å². The number of benzene rings is 1. The molecule has 36 heavy (non-hydrogen) atoms. The standard InChI is InChI=1S/C22H26N4O3.C2HF3O2/c1-5-14-11-16(28-4)12-18-19(14)22(27)29-21(24-18)17-7-6-9-23-20(17)26-10-8-15(13-26)25(2)3;3-2(4,5)1(6)7/h6-7,9,11-12,15H,5,8,10,13H2,1-4H3;(H,6,7)/t15-;/m0./s1. The highest BCUT2D eigenvalue weighted by molar-refractivity contribution is 5.84. The number of carboxylic acid groups (broad SMARTS) is 1. The van der Waals surface area contributed by atoms with Crippen molar-refractivity contribution in [3.05, 3.63) is 46.4 Å². The summed E-state index contributed by atoms with van der Waals surface area (Å²) in [5.74, 6) is -0.995. The van der Waals surface area contributed by atoms with Gasteiger partial charge in [-0.25, -0.2) is 19.6 Å². The fourth-order valence-electron chi connectivity index (χ4n) is 3.94. The molecule has 0 spiro atoms. The quantitative estimate of drug-likeness (QED) is 0.553. The molecule has 0 saturated carbocycles. The van der Waals surface area contributed by atoms with Crippen LogP contribution in [0.4, 0.5) is 19.0 Å². The van der Waals surface area contributed by atoms with Gasteiger partial charge in [-0.3, -0.25) is 0 Å². The van der Waals surface area contributed by atoms with Crippen molar-refractivity contribution in [2.75, 3.05) is 39.2 Å². The van der Waals surface area contributed by atoms with Crippen molar-refractivity contribution in [1.29, 1.82) is 0 Å². The van der Waals surface area contributed by atoms with Crippen LogP contribution in [0, 0.1) is 0 Å². The molecule has 0 bridgehead atoms. The van der Waals surface area contributed by atoms with E-state index >= 15 is 0 Å². The third kappa shape index (κ3) is 5.93. The molecule has 194 valence electrons. The molecular weight excluding hydrogens is 481 g/mol. The Morgan fingerprint density at radius 1 is 1.33 bits per heavy atom. The van der Waals surface area contributed by atoms with Crippen LogP contribution in [0.3, 0.4) is 0 Å². The van der Waals surface area contributed by atoms with Crippen LogP contribution in [0.5, 0.6) is 5.75 Å². The fraction of sp³-hybridized carbons (Fsp3) is 0.417. The van der Waals surface area contributed by atoms with E-state index in [1.54, 1.807) is 19.4 Å². The summed E-state index contributed by atoms with van der Waals surface area (Å²) in [5, 5.41) is 7.64. The number of ether oxygens (including phenoxy) is 1. The molecule has 12 heteroatoms. The number of carboxylic acids is 1. The number of fused-ring (bicyclic) bond motifs is 1. The van der Waals surface area contributed by atoms with Crippen molar-refractivity contribution in [2.24, 2.45) is 0 Å². The number of carbonyl (C=O) groups is 1. The lowest BCUT2D eigenvalue weighted by Gasteiger charge is -2.22. The first-order valence-corrected chi connectivity index (χ1v) is 11.1. The molecule has 1 N–H and O–H groups in total. The van der Waals surface area contributed by atoms with Crippen LogP contribution in [0.25, 0.3) is 22.4 Å². The van der Waals surface area contributed by atoms with Gasteiger partial charge in [0.25, 0.3) is 0 Å². The van der Waals surface area contributed by atoms with Gasteiger partial charge in [0.05, 0.1) is 23.6 Å². The van der Waals surface area contributed by atoms with E-state index in [0.29, 0.717) is 29.1 Å². The van der Waals surface area contributed by atoms with Crippen molar-refractivity contribution < 1.29 is 32.2 Å². The summed E-state index contributed by atoms with van der Waals surface area (Å²) in [6.07, 6.45) is -1.56. The summed E-state index contributed by atoms with van der Waals surface area (Å²) >= 11 is 0. The maximum atomic E-state index is 12.8. The molecule has 1 aromatic carbocycles. The molecule has 2 aromatic heterocycles. The minimum absolute atomic E-state index is 0.286. The maximum Gasteiger partial charge on any atom is 0.490 e. The molecule has 0 unspecified atom stereocenters. The average Bonchev–Trinajstić information content (AvgIpc) is 3.33. The van der Waals surface area contributed by atoms with Gasteiger partial charge in [-0.15, -0.1) is 0 Å². The van der Waals surface area contributed by atoms with Gasteiger partial charge in [-0.1, -0.05) is 6.92 Å². The van der Waals surface area contributed by atoms with Gasteiger partial charge in [-0.2, -0.15) is 13.2 Å². The van der Waals surface area contributed by atoms with E-state index in [0.717, 1.165) is 36.5 Å². The minimum atomic E-state index is -5.08. The SMILES string of the molecule is CCc1cc(OC)cc2nc(-c3cccnc3N3CC[C@H](N(C)C)C3)oc(=O)c12.O=C(O)C(F)(F)F. The smallest absolute Gasteiger partial charge is 0.490 e. The molecule has 1 atom stereocenters. The number of aliphatic carboxylic acids is 1. The van der Waals surface area contributed by atoms with E-state index in [9.17, 15) is 18.0 Å². The summed E-state index contributed by atoms with van der Waals surface area (Å²) in [6.45, 7) is 3.77. The Morgan fingerprint density at radius 2 is 2.03 bits per heavy atom. The highest BCUT2D eigenvalue weighted by Gasteiger charge is 2.38. The lowest BCUT2D eigenvalue weighted by Crippen LogP contribution is -2.31. The van der Waals surface area contributed by atoms with Crippen LogP contribution in [-0.2, 0) is 11.2 Å². The molecule has 3 heterocycles. The molecule has 4 rings (SSSR count). The van der Waals surface area contributed by atoms with E-state index in [-0.39, 0.29) is 11.5 Å². The highest BCUT2D eigenvalue weighted by Crippen LogP contribution is 2.32. The number of anilines is 1. The third-order valence-corrected chi connectivity index (χ3v) is 5.86. The Kier molecular flexibility index (Phi) is 8.18. The summed E-state index contributed by atoms with van der Waals surface area (Å²) in [7, 11) is 5.80. The van der Waals surface area contributed by atoms with Crippen LogP contribution >= 0.6 is 0 Å². The van der Waals surface area contributed by atoms with Gasteiger partial charge in [0.2, 0.25) is 5.89 Å². The third-order valence-electron chi connectivity index (χ3n) is 5.86. The predicted molar refractivity (Wildman–Crippen MR) is 127 cm³/mol. The summed E-state index contributed by atoms with van der Waals surface area (Å²) in [5.41, 5.74) is 1.79. The highest BCUT2D eigenvalue weighted by atomic mass is 19.4. The number of halogens is 3.